The Balaban J connectivity index is 1.00. The molecule has 0 aliphatic rings. The fourth-order valence-electron chi connectivity index (χ4n) is 8.17. The molecular weight excluding hydrogens is 699 g/mol. The van der Waals surface area contributed by atoms with E-state index < -0.39 is 0 Å². The van der Waals surface area contributed by atoms with Crippen LogP contribution in [0.3, 0.4) is 0 Å². The van der Waals surface area contributed by atoms with Crippen molar-refractivity contribution >= 4 is 60.9 Å². The maximum absolute atomic E-state index is 6.37. The molecule has 0 fully saturated rings. The average molecular weight is 732 g/mol. The molecule has 5 heteroatoms. The van der Waals surface area contributed by atoms with Crippen LogP contribution in [0.2, 0.25) is 0 Å². The minimum Gasteiger partial charge on any atom is -0.455 e. The molecule has 11 rings (SSSR count). The Kier molecular flexibility index (Phi) is 7.74. The van der Waals surface area contributed by atoms with Gasteiger partial charge in [0, 0.05) is 68.3 Å². The van der Waals surface area contributed by atoms with E-state index in [2.05, 4.69) is 179 Å². The van der Waals surface area contributed by atoms with Gasteiger partial charge in [-0.15, -0.1) is 0 Å². The largest absolute Gasteiger partial charge is 0.455 e. The zero-order valence-corrected chi connectivity index (χ0v) is 30.7. The molecule has 11 aromatic rings. The predicted octanol–water partition coefficient (Wildman–Crippen LogP) is 14.4. The molecule has 7 aromatic carbocycles. The van der Waals surface area contributed by atoms with Crippen molar-refractivity contribution < 1.29 is 8.83 Å². The third-order valence-electron chi connectivity index (χ3n) is 10.9. The van der Waals surface area contributed by atoms with Gasteiger partial charge in [-0.25, -0.2) is 0 Å². The van der Waals surface area contributed by atoms with Crippen LogP contribution >= 0.6 is 0 Å². The van der Waals surface area contributed by atoms with Crippen molar-refractivity contribution in [2.24, 2.45) is 0 Å². The van der Waals surface area contributed by atoms with Crippen molar-refractivity contribution in [3.63, 3.8) is 0 Å². The summed E-state index contributed by atoms with van der Waals surface area (Å²) in [5.41, 5.74) is 15.5. The van der Waals surface area contributed by atoms with E-state index in [0.29, 0.717) is 0 Å². The number of para-hydroxylation sites is 2. The number of furan rings is 2. The van der Waals surface area contributed by atoms with Crippen LogP contribution in [0.25, 0.3) is 88.4 Å². The molecule has 0 unspecified atom stereocenters. The molecule has 0 aliphatic carbocycles. The van der Waals surface area contributed by atoms with E-state index in [1.54, 1.807) is 12.4 Å². The molecule has 0 amide bonds. The van der Waals surface area contributed by atoms with Crippen LogP contribution in [0.1, 0.15) is 0 Å². The fourth-order valence-corrected chi connectivity index (χ4v) is 8.17. The summed E-state index contributed by atoms with van der Waals surface area (Å²) in [6, 6.07) is 62.1. The molecular formula is C52H33N3O2. The van der Waals surface area contributed by atoms with Gasteiger partial charge in [0.2, 0.25) is 0 Å². The highest BCUT2D eigenvalue weighted by Crippen LogP contribution is 2.42. The average Bonchev–Trinajstić information content (AvgIpc) is 3.87. The number of pyridine rings is 2. The molecule has 0 radical (unpaired) electrons. The lowest BCUT2D eigenvalue weighted by Gasteiger charge is -2.26. The number of benzene rings is 7. The molecule has 0 saturated carbocycles. The van der Waals surface area contributed by atoms with Crippen molar-refractivity contribution in [2.75, 3.05) is 4.90 Å². The monoisotopic (exact) mass is 731 g/mol. The SMILES string of the molecule is c1ccc(-c2ccccc2-c2ccc(N(c3ccc(-c4cccc5c4oc4cnccc45)cc3)c3ccc(-c4cccc5c4oc4ccncc45)cc3)cc2)cc1. The standard InChI is InChI=1S/C52H33N3O2/c1-2-8-34(9-3-1)41-10-4-5-11-42(41)35-16-22-38(23-17-35)55(39-24-18-36(19-25-39)43-12-6-14-46-45-28-30-54-33-50(45)57-51(43)46)40-26-20-37(21-27-40)44-13-7-15-47-48-32-53-31-29-49(48)56-52(44)47/h1-33H. The van der Waals surface area contributed by atoms with E-state index >= 15 is 0 Å². The molecule has 268 valence electrons. The first-order valence-electron chi connectivity index (χ1n) is 19.0. The van der Waals surface area contributed by atoms with E-state index in [1.165, 1.54) is 16.7 Å². The number of rotatable bonds is 7. The first-order chi connectivity index (χ1) is 28.3. The van der Waals surface area contributed by atoms with Crippen molar-refractivity contribution in [1.82, 2.24) is 9.97 Å². The van der Waals surface area contributed by atoms with Crippen LogP contribution in [-0.4, -0.2) is 9.97 Å². The lowest BCUT2D eigenvalue weighted by molar-refractivity contribution is 0.668. The van der Waals surface area contributed by atoms with Gasteiger partial charge < -0.3 is 13.7 Å². The fraction of sp³-hybridized carbons (Fsp3) is 0. The van der Waals surface area contributed by atoms with Gasteiger partial charge in [0.25, 0.3) is 0 Å². The summed E-state index contributed by atoms with van der Waals surface area (Å²) >= 11 is 0. The third kappa shape index (κ3) is 5.64. The Morgan fingerprint density at radius 2 is 0.772 bits per heavy atom. The Hall–Kier alpha value is -7.76. The lowest BCUT2D eigenvalue weighted by atomic mass is 9.94. The summed E-state index contributed by atoms with van der Waals surface area (Å²) in [4.78, 5) is 10.9. The van der Waals surface area contributed by atoms with Gasteiger partial charge in [0.1, 0.15) is 16.7 Å². The van der Waals surface area contributed by atoms with Gasteiger partial charge in [-0.3, -0.25) is 9.97 Å². The summed E-state index contributed by atoms with van der Waals surface area (Å²) in [5.74, 6) is 0. The maximum Gasteiger partial charge on any atom is 0.153 e. The Morgan fingerprint density at radius 1 is 0.316 bits per heavy atom. The number of hydrogen-bond acceptors (Lipinski definition) is 5. The summed E-state index contributed by atoms with van der Waals surface area (Å²) in [7, 11) is 0. The van der Waals surface area contributed by atoms with E-state index in [4.69, 9.17) is 8.83 Å². The summed E-state index contributed by atoms with van der Waals surface area (Å²) in [6.07, 6.45) is 7.24. The quantitative estimate of drug-likeness (QED) is 0.163. The van der Waals surface area contributed by atoms with E-state index in [9.17, 15) is 0 Å². The van der Waals surface area contributed by atoms with Crippen molar-refractivity contribution in [1.29, 1.82) is 0 Å². The highest BCUT2D eigenvalue weighted by atomic mass is 16.3. The second kappa shape index (κ2) is 13.5. The highest BCUT2D eigenvalue weighted by Gasteiger charge is 2.18. The smallest absolute Gasteiger partial charge is 0.153 e. The number of anilines is 3. The zero-order valence-electron chi connectivity index (χ0n) is 30.7. The second-order valence-corrected chi connectivity index (χ2v) is 14.2. The van der Waals surface area contributed by atoms with Crippen LogP contribution in [0.5, 0.6) is 0 Å². The zero-order chi connectivity index (χ0) is 37.7. The Bertz CT molecular complexity index is 3060. The summed E-state index contributed by atoms with van der Waals surface area (Å²) < 4.78 is 12.7. The van der Waals surface area contributed by atoms with Gasteiger partial charge in [0.05, 0.1) is 6.20 Å². The molecule has 5 nitrogen and oxygen atoms in total. The molecule has 4 aromatic heterocycles. The van der Waals surface area contributed by atoms with Gasteiger partial charge in [-0.05, 0) is 81.9 Å². The van der Waals surface area contributed by atoms with Crippen LogP contribution in [-0.2, 0) is 0 Å². The molecule has 0 N–H and O–H groups in total. The highest BCUT2D eigenvalue weighted by molar-refractivity contribution is 6.10. The number of aromatic nitrogens is 2. The van der Waals surface area contributed by atoms with Crippen LogP contribution in [0, 0.1) is 0 Å². The van der Waals surface area contributed by atoms with Crippen molar-refractivity contribution in [3.05, 3.63) is 201 Å². The van der Waals surface area contributed by atoms with Crippen LogP contribution in [0.15, 0.2) is 210 Å². The first-order valence-corrected chi connectivity index (χ1v) is 19.0. The van der Waals surface area contributed by atoms with Gasteiger partial charge in [-0.2, -0.15) is 0 Å². The second-order valence-electron chi connectivity index (χ2n) is 14.2. The number of fused-ring (bicyclic) bond motifs is 6. The maximum atomic E-state index is 6.37. The third-order valence-corrected chi connectivity index (χ3v) is 10.9. The molecule has 0 spiro atoms. The summed E-state index contributed by atoms with van der Waals surface area (Å²) in [5, 5.41) is 4.23. The normalized spacial score (nSPS) is 11.5. The lowest BCUT2D eigenvalue weighted by Crippen LogP contribution is -2.09. The molecule has 0 aliphatic heterocycles. The van der Waals surface area contributed by atoms with E-state index in [-0.39, 0.29) is 0 Å². The van der Waals surface area contributed by atoms with Gasteiger partial charge >= 0.3 is 0 Å². The number of hydrogen-bond donors (Lipinski definition) is 0. The minimum atomic E-state index is 0.787. The molecule has 4 heterocycles. The first kappa shape index (κ1) is 32.7. The molecule has 0 bridgehead atoms. The topological polar surface area (TPSA) is 55.3 Å². The van der Waals surface area contributed by atoms with Crippen molar-refractivity contribution in [2.45, 2.75) is 0 Å². The van der Waals surface area contributed by atoms with E-state index in [1.807, 2.05) is 24.5 Å². The Morgan fingerprint density at radius 3 is 1.37 bits per heavy atom. The molecule has 0 saturated heterocycles. The predicted molar refractivity (Wildman–Crippen MR) is 233 cm³/mol. The van der Waals surface area contributed by atoms with Crippen LogP contribution in [0.4, 0.5) is 17.1 Å². The van der Waals surface area contributed by atoms with Gasteiger partial charge in [0.15, 0.2) is 5.58 Å². The number of nitrogens with zero attached hydrogens (tertiary/aromatic N) is 3. The summed E-state index contributed by atoms with van der Waals surface area (Å²) in [6.45, 7) is 0. The van der Waals surface area contributed by atoms with E-state index in [0.717, 1.165) is 88.8 Å². The molecule has 57 heavy (non-hydrogen) atoms. The minimum absolute atomic E-state index is 0.787. The molecule has 0 atom stereocenters. The van der Waals surface area contributed by atoms with Crippen LogP contribution < -0.4 is 4.90 Å². The van der Waals surface area contributed by atoms with Gasteiger partial charge in [-0.1, -0.05) is 127 Å². The van der Waals surface area contributed by atoms with Crippen molar-refractivity contribution in [3.8, 4) is 44.5 Å². The Labute approximate surface area is 328 Å².